The van der Waals surface area contributed by atoms with Gasteiger partial charge in [-0.15, -0.1) is 0 Å². The maximum atomic E-state index is 14.3. The third-order valence-electron chi connectivity index (χ3n) is 5.77. The number of carbonyl (C=O) groups excluding carboxylic acids is 1. The molecule has 1 atom stereocenters. The molecule has 3 aromatic heterocycles. The zero-order valence-corrected chi connectivity index (χ0v) is 17.3. The Balaban J connectivity index is 1.54. The van der Waals surface area contributed by atoms with E-state index in [-0.39, 0.29) is 48.9 Å². The predicted molar refractivity (Wildman–Crippen MR) is 111 cm³/mol. The number of hydrogen-bond acceptors (Lipinski definition) is 7. The van der Waals surface area contributed by atoms with E-state index in [4.69, 9.17) is 9.47 Å². The molecule has 0 fully saturated rings. The van der Waals surface area contributed by atoms with Gasteiger partial charge in [-0.05, 0) is 19.1 Å². The molecule has 166 valence electrons. The second-order valence-corrected chi connectivity index (χ2v) is 7.88. The number of ether oxygens (including phenoxy) is 2. The standard InChI is InChI=1S/C22H16F2N6O3/c1-22-15-17(28-21(22)31)26-18(27-20(15)32-6-7-33-22)16-13-8-12(23)9-25-19(13)30(29-16)10-11-4-2-3-5-14(11)24/h2-5,8-9H,6-7,10H2,1H3,(H,26,27,28,31)/t22-/m0/s1. The molecule has 2 aliphatic rings. The van der Waals surface area contributed by atoms with Gasteiger partial charge in [0.1, 0.15) is 29.8 Å². The smallest absolute Gasteiger partial charge is 0.262 e. The summed E-state index contributed by atoms with van der Waals surface area (Å²) in [5.41, 5.74) is 0.101. The largest absolute Gasteiger partial charge is 0.475 e. The van der Waals surface area contributed by atoms with Gasteiger partial charge in [-0.3, -0.25) is 4.79 Å². The molecular weight excluding hydrogens is 434 g/mol. The molecule has 33 heavy (non-hydrogen) atoms. The van der Waals surface area contributed by atoms with E-state index in [0.717, 1.165) is 6.20 Å². The molecule has 9 nitrogen and oxygen atoms in total. The quantitative estimate of drug-likeness (QED) is 0.512. The highest BCUT2D eigenvalue weighted by Gasteiger charge is 2.49. The lowest BCUT2D eigenvalue weighted by Gasteiger charge is -2.19. The summed E-state index contributed by atoms with van der Waals surface area (Å²) in [6, 6.07) is 7.57. The summed E-state index contributed by atoms with van der Waals surface area (Å²) in [5.74, 6) is -0.799. The molecule has 4 aromatic rings. The Morgan fingerprint density at radius 1 is 1.21 bits per heavy atom. The van der Waals surface area contributed by atoms with Crippen molar-refractivity contribution < 1.29 is 23.0 Å². The fourth-order valence-corrected chi connectivity index (χ4v) is 4.13. The molecule has 0 spiro atoms. The molecule has 0 saturated carbocycles. The topological polar surface area (TPSA) is 104 Å². The van der Waals surface area contributed by atoms with Gasteiger partial charge < -0.3 is 14.8 Å². The number of anilines is 1. The first-order valence-corrected chi connectivity index (χ1v) is 10.2. The molecule has 0 bridgehead atoms. The van der Waals surface area contributed by atoms with Gasteiger partial charge in [0.15, 0.2) is 17.1 Å². The van der Waals surface area contributed by atoms with E-state index in [1.54, 1.807) is 25.1 Å². The molecule has 5 heterocycles. The third kappa shape index (κ3) is 2.96. The van der Waals surface area contributed by atoms with Crippen molar-refractivity contribution in [3.63, 3.8) is 0 Å². The van der Waals surface area contributed by atoms with Crippen molar-refractivity contribution in [3.8, 4) is 17.4 Å². The van der Waals surface area contributed by atoms with Gasteiger partial charge in [0.25, 0.3) is 5.91 Å². The van der Waals surface area contributed by atoms with E-state index in [1.165, 1.54) is 16.8 Å². The first-order valence-electron chi connectivity index (χ1n) is 10.2. The zero-order valence-electron chi connectivity index (χ0n) is 17.3. The Labute approximate surface area is 185 Å². The normalized spacial score (nSPS) is 19.2. The third-order valence-corrected chi connectivity index (χ3v) is 5.77. The molecule has 0 radical (unpaired) electrons. The summed E-state index contributed by atoms with van der Waals surface area (Å²) in [7, 11) is 0. The van der Waals surface area contributed by atoms with Crippen LogP contribution < -0.4 is 10.1 Å². The molecule has 1 N–H and O–H groups in total. The van der Waals surface area contributed by atoms with Gasteiger partial charge in [0.05, 0.1) is 30.3 Å². The Kier molecular flexibility index (Phi) is 4.18. The number of hydrogen-bond donors (Lipinski definition) is 1. The summed E-state index contributed by atoms with van der Waals surface area (Å²) in [5, 5.41) is 7.58. The Morgan fingerprint density at radius 3 is 2.91 bits per heavy atom. The Bertz CT molecular complexity index is 1460. The first kappa shape index (κ1) is 19.7. The summed E-state index contributed by atoms with van der Waals surface area (Å²) < 4.78 is 41.3. The number of pyridine rings is 1. The lowest BCUT2D eigenvalue weighted by molar-refractivity contribution is -0.138. The van der Waals surface area contributed by atoms with Crippen LogP contribution in [0.25, 0.3) is 22.6 Å². The van der Waals surface area contributed by atoms with Crippen molar-refractivity contribution in [2.75, 3.05) is 18.5 Å². The van der Waals surface area contributed by atoms with Crippen molar-refractivity contribution in [2.24, 2.45) is 0 Å². The molecule has 1 aromatic carbocycles. The number of benzene rings is 1. The van der Waals surface area contributed by atoms with E-state index in [0.29, 0.717) is 22.2 Å². The number of nitrogens with zero attached hydrogens (tertiary/aromatic N) is 5. The van der Waals surface area contributed by atoms with Crippen LogP contribution in [-0.4, -0.2) is 43.9 Å². The molecular formula is C22H16F2N6O3. The lowest BCUT2D eigenvalue weighted by atomic mass is 10.00. The van der Waals surface area contributed by atoms with E-state index in [1.807, 2.05) is 0 Å². The predicted octanol–water partition coefficient (Wildman–Crippen LogP) is 2.79. The van der Waals surface area contributed by atoms with E-state index < -0.39 is 17.2 Å². The number of rotatable bonds is 3. The highest BCUT2D eigenvalue weighted by atomic mass is 19.1. The van der Waals surface area contributed by atoms with E-state index >= 15 is 0 Å². The van der Waals surface area contributed by atoms with E-state index in [9.17, 15) is 13.6 Å². The second-order valence-electron chi connectivity index (χ2n) is 7.88. The van der Waals surface area contributed by atoms with Crippen molar-refractivity contribution in [3.05, 3.63) is 59.3 Å². The fraction of sp³-hybridized carbons (Fsp3) is 0.227. The highest BCUT2D eigenvalue weighted by Crippen LogP contribution is 2.45. The summed E-state index contributed by atoms with van der Waals surface area (Å²) >= 11 is 0. The van der Waals surface area contributed by atoms with Crippen LogP contribution in [0, 0.1) is 11.6 Å². The van der Waals surface area contributed by atoms with Gasteiger partial charge in [0.2, 0.25) is 5.88 Å². The van der Waals surface area contributed by atoms with E-state index in [2.05, 4.69) is 25.4 Å². The molecule has 6 rings (SSSR count). The second kappa shape index (κ2) is 7.01. The van der Waals surface area contributed by atoms with Crippen molar-refractivity contribution in [2.45, 2.75) is 19.1 Å². The minimum atomic E-state index is -1.26. The highest BCUT2D eigenvalue weighted by molar-refractivity contribution is 6.05. The summed E-state index contributed by atoms with van der Waals surface area (Å²) in [4.78, 5) is 25.7. The van der Waals surface area contributed by atoms with Gasteiger partial charge in [-0.25, -0.2) is 23.4 Å². The number of amides is 1. The number of nitrogens with one attached hydrogen (secondary N) is 1. The van der Waals surface area contributed by atoms with Crippen molar-refractivity contribution in [1.29, 1.82) is 0 Å². The van der Waals surface area contributed by atoms with Gasteiger partial charge in [0, 0.05) is 5.56 Å². The van der Waals surface area contributed by atoms with Gasteiger partial charge in [-0.1, -0.05) is 18.2 Å². The fourth-order valence-electron chi connectivity index (χ4n) is 4.13. The summed E-state index contributed by atoms with van der Waals surface area (Å²) in [6.45, 7) is 2.10. The van der Waals surface area contributed by atoms with Crippen LogP contribution in [0.2, 0.25) is 0 Å². The molecule has 2 aliphatic heterocycles. The molecule has 11 heteroatoms. The number of aromatic nitrogens is 5. The molecule has 0 unspecified atom stereocenters. The number of halogens is 2. The van der Waals surface area contributed by atoms with Crippen molar-refractivity contribution in [1.82, 2.24) is 24.7 Å². The van der Waals surface area contributed by atoms with Crippen LogP contribution in [0.4, 0.5) is 14.6 Å². The van der Waals surface area contributed by atoms with Gasteiger partial charge >= 0.3 is 0 Å². The minimum Gasteiger partial charge on any atom is -0.475 e. The Hall–Kier alpha value is -3.99. The average Bonchev–Trinajstić information content (AvgIpc) is 3.19. The van der Waals surface area contributed by atoms with Gasteiger partial charge in [-0.2, -0.15) is 10.1 Å². The Morgan fingerprint density at radius 2 is 2.06 bits per heavy atom. The van der Waals surface area contributed by atoms with Crippen molar-refractivity contribution >= 4 is 22.8 Å². The van der Waals surface area contributed by atoms with Crippen LogP contribution in [0.5, 0.6) is 5.88 Å². The average molecular weight is 450 g/mol. The van der Waals surface area contributed by atoms with Crippen LogP contribution in [0.15, 0.2) is 36.5 Å². The lowest BCUT2D eigenvalue weighted by Crippen LogP contribution is -2.34. The monoisotopic (exact) mass is 450 g/mol. The summed E-state index contributed by atoms with van der Waals surface area (Å²) in [6.07, 6.45) is 1.06. The SMILES string of the molecule is C[C@]12OCCOc3nc(-c4nn(Cc5ccccc5F)c5ncc(F)cc45)nc(c31)NC2=O. The number of fused-ring (bicyclic) bond motifs is 1. The van der Waals surface area contributed by atoms with Crippen LogP contribution in [0.3, 0.4) is 0 Å². The molecule has 1 amide bonds. The van der Waals surface area contributed by atoms with Crippen LogP contribution >= 0.6 is 0 Å². The molecule has 0 aliphatic carbocycles. The van der Waals surface area contributed by atoms with Crippen LogP contribution in [-0.2, 0) is 21.7 Å². The van der Waals surface area contributed by atoms with Crippen LogP contribution in [0.1, 0.15) is 18.1 Å². The minimum absolute atomic E-state index is 0.0682. The number of carbonyl (C=O) groups is 1. The maximum Gasteiger partial charge on any atom is 0.262 e. The maximum absolute atomic E-state index is 14.3. The molecule has 0 saturated heterocycles. The zero-order chi connectivity index (χ0) is 22.7. The first-order chi connectivity index (χ1) is 15.9.